The highest BCUT2D eigenvalue weighted by Crippen LogP contribution is 2.37. The van der Waals surface area contributed by atoms with Gasteiger partial charge in [0.15, 0.2) is 5.65 Å². The maximum absolute atomic E-state index is 14.3. The molecule has 4 aromatic heterocycles. The molecular formula is C24H19FN8O2. The normalized spacial score (nSPS) is 14.0. The predicted octanol–water partition coefficient (Wildman–Crippen LogP) is 2.31. The predicted molar refractivity (Wildman–Crippen MR) is 125 cm³/mol. The Labute approximate surface area is 197 Å². The molecule has 0 radical (unpaired) electrons. The number of hydrogen-bond acceptors (Lipinski definition) is 6. The van der Waals surface area contributed by atoms with E-state index in [-0.39, 0.29) is 11.1 Å². The molecule has 0 fully saturated rings. The van der Waals surface area contributed by atoms with Gasteiger partial charge in [0.1, 0.15) is 11.5 Å². The first-order valence-electron chi connectivity index (χ1n) is 11.0. The fourth-order valence-corrected chi connectivity index (χ4v) is 4.62. The van der Waals surface area contributed by atoms with Crippen LogP contribution < -0.4 is 5.32 Å². The van der Waals surface area contributed by atoms with Gasteiger partial charge in [-0.15, -0.1) is 5.10 Å². The molecule has 1 aromatic carbocycles. The zero-order chi connectivity index (χ0) is 24.1. The number of hydrogen-bond donors (Lipinski definition) is 1. The topological polar surface area (TPSA) is 113 Å². The van der Waals surface area contributed by atoms with Gasteiger partial charge < -0.3 is 9.13 Å². The third-order valence-electron chi connectivity index (χ3n) is 6.17. The lowest BCUT2D eigenvalue weighted by molar-refractivity contribution is -0.122. The average Bonchev–Trinajstić information content (AvgIpc) is 3.61. The van der Waals surface area contributed by atoms with E-state index in [0.29, 0.717) is 34.2 Å². The molecule has 6 rings (SSSR count). The van der Waals surface area contributed by atoms with Crippen LogP contribution in [0.5, 0.6) is 0 Å². The van der Waals surface area contributed by atoms with Crippen molar-refractivity contribution in [1.82, 2.24) is 39.4 Å². The minimum Gasteiger partial charge on any atom is -0.347 e. The molecule has 2 amide bonds. The highest BCUT2D eigenvalue weighted by Gasteiger charge is 2.36. The maximum atomic E-state index is 14.3. The van der Waals surface area contributed by atoms with Gasteiger partial charge in [-0.3, -0.25) is 14.9 Å². The minimum absolute atomic E-state index is 0.135. The Morgan fingerprint density at radius 2 is 1.89 bits per heavy atom. The van der Waals surface area contributed by atoms with Gasteiger partial charge in [0.25, 0.3) is 11.8 Å². The largest absolute Gasteiger partial charge is 0.347 e. The maximum Gasteiger partial charge on any atom is 0.261 e. The van der Waals surface area contributed by atoms with Crippen LogP contribution in [-0.4, -0.2) is 45.9 Å². The molecule has 0 atom stereocenters. The Balaban J connectivity index is 1.52. The van der Waals surface area contributed by atoms with Gasteiger partial charge in [0, 0.05) is 55.2 Å². The lowest BCUT2D eigenvalue weighted by atomic mass is 9.98. The van der Waals surface area contributed by atoms with Crippen molar-refractivity contribution >= 4 is 44.9 Å². The van der Waals surface area contributed by atoms with Crippen LogP contribution in [0, 0.1) is 5.82 Å². The summed E-state index contributed by atoms with van der Waals surface area (Å²) >= 11 is 0. The molecule has 0 saturated carbocycles. The highest BCUT2D eigenvalue weighted by atomic mass is 19.1. The van der Waals surface area contributed by atoms with Crippen molar-refractivity contribution in [2.24, 2.45) is 7.05 Å². The molecule has 1 aliphatic heterocycles. The number of nitrogens with one attached hydrogen (secondary N) is 1. The first-order chi connectivity index (χ1) is 17.0. The number of imide groups is 1. The van der Waals surface area contributed by atoms with Crippen molar-refractivity contribution < 1.29 is 14.0 Å². The van der Waals surface area contributed by atoms with Crippen LogP contribution in [0.4, 0.5) is 4.39 Å². The van der Waals surface area contributed by atoms with Crippen LogP contribution in [0.1, 0.15) is 17.7 Å². The molecular weight excluding hydrogens is 451 g/mol. The Morgan fingerprint density at radius 1 is 1.03 bits per heavy atom. The van der Waals surface area contributed by atoms with E-state index in [9.17, 15) is 14.0 Å². The molecule has 0 aliphatic carbocycles. The lowest BCUT2D eigenvalue weighted by Crippen LogP contribution is -2.22. The van der Waals surface area contributed by atoms with Crippen molar-refractivity contribution in [3.63, 3.8) is 0 Å². The summed E-state index contributed by atoms with van der Waals surface area (Å²) in [7, 11) is 1.69. The van der Waals surface area contributed by atoms with E-state index >= 15 is 0 Å². The summed E-state index contributed by atoms with van der Waals surface area (Å²) in [6, 6.07) is 6.16. The summed E-state index contributed by atoms with van der Waals surface area (Å²) in [6.45, 7) is 1.38. The second-order valence-corrected chi connectivity index (χ2v) is 8.33. The van der Waals surface area contributed by atoms with Crippen molar-refractivity contribution in [3.8, 4) is 0 Å². The summed E-state index contributed by atoms with van der Waals surface area (Å²) in [5, 5.41) is 16.0. The van der Waals surface area contributed by atoms with Crippen molar-refractivity contribution in [2.45, 2.75) is 19.5 Å². The number of aryl methyl sites for hydroxylation is 3. The molecule has 1 N–H and O–H groups in total. The van der Waals surface area contributed by atoms with E-state index in [1.807, 2.05) is 15.3 Å². The Bertz CT molecular complexity index is 1660. The molecule has 174 valence electrons. The summed E-state index contributed by atoms with van der Waals surface area (Å²) < 4.78 is 19.8. The molecule has 1 aliphatic rings. The number of benzene rings is 1. The number of imidazole rings is 1. The molecule has 0 unspecified atom stereocenters. The molecule has 5 heterocycles. The van der Waals surface area contributed by atoms with Crippen LogP contribution in [0.2, 0.25) is 0 Å². The number of carbonyl (C=O) groups is 2. The van der Waals surface area contributed by atoms with Crippen molar-refractivity contribution in [2.75, 3.05) is 0 Å². The Morgan fingerprint density at radius 3 is 2.71 bits per heavy atom. The highest BCUT2D eigenvalue weighted by molar-refractivity contribution is 6.50. The number of nitrogens with zero attached hydrogens (tertiary/aromatic N) is 7. The zero-order valence-electron chi connectivity index (χ0n) is 18.6. The van der Waals surface area contributed by atoms with Gasteiger partial charge in [0.2, 0.25) is 0 Å². The van der Waals surface area contributed by atoms with Gasteiger partial charge in [-0.05, 0) is 30.7 Å². The summed E-state index contributed by atoms with van der Waals surface area (Å²) in [5.74, 6) is -1.54. The third kappa shape index (κ3) is 3.39. The van der Waals surface area contributed by atoms with Crippen LogP contribution in [0.15, 0.2) is 55.4 Å². The number of rotatable bonds is 6. The second kappa shape index (κ2) is 7.97. The average molecular weight is 470 g/mol. The number of halogens is 1. The van der Waals surface area contributed by atoms with Gasteiger partial charge in [-0.1, -0.05) is 0 Å². The number of fused-ring (bicyclic) bond motifs is 2. The minimum atomic E-state index is -0.556. The summed E-state index contributed by atoms with van der Waals surface area (Å²) in [6.07, 6.45) is 9.46. The Kier molecular flexibility index (Phi) is 4.76. The van der Waals surface area contributed by atoms with Crippen LogP contribution >= 0.6 is 0 Å². The van der Waals surface area contributed by atoms with E-state index in [0.717, 1.165) is 18.5 Å². The number of carbonyl (C=O) groups excluding carboxylic acids is 2. The zero-order valence-corrected chi connectivity index (χ0v) is 18.6. The fourth-order valence-electron chi connectivity index (χ4n) is 4.62. The summed E-state index contributed by atoms with van der Waals surface area (Å²) in [5.41, 5.74) is 2.35. The molecule has 10 nitrogen and oxygen atoms in total. The molecule has 0 spiro atoms. The smallest absolute Gasteiger partial charge is 0.261 e. The van der Waals surface area contributed by atoms with Gasteiger partial charge >= 0.3 is 0 Å². The van der Waals surface area contributed by atoms with Crippen molar-refractivity contribution in [3.05, 3.63) is 72.5 Å². The number of amides is 2. The molecule has 0 saturated heterocycles. The standard InChI is InChI=1S/C24H19FN8O2/c1-31-22-15(5-6-27-29-22)21(30-31)20-19(23(34)28-24(20)35)17-12-33(9-2-8-32-10-7-26-13-32)18-4-3-14(25)11-16(17)18/h3-7,10-13H,2,8-9H2,1H3,(H,28,34,35). The van der Waals surface area contributed by atoms with Crippen LogP contribution in [-0.2, 0) is 29.7 Å². The number of aromatic nitrogens is 7. The Hall–Kier alpha value is -4.67. The fraction of sp³-hybridized carbons (Fsp3) is 0.167. The molecule has 11 heteroatoms. The van der Waals surface area contributed by atoms with E-state index in [2.05, 4.69) is 25.6 Å². The van der Waals surface area contributed by atoms with Gasteiger partial charge in [0.05, 0.1) is 29.1 Å². The molecule has 0 bridgehead atoms. The van der Waals surface area contributed by atoms with E-state index in [4.69, 9.17) is 0 Å². The third-order valence-corrected chi connectivity index (χ3v) is 6.17. The van der Waals surface area contributed by atoms with E-state index in [1.165, 1.54) is 23.0 Å². The van der Waals surface area contributed by atoms with Crippen LogP contribution in [0.3, 0.4) is 0 Å². The molecule has 5 aromatic rings. The lowest BCUT2D eigenvalue weighted by Gasteiger charge is -2.06. The second-order valence-electron chi connectivity index (χ2n) is 8.33. The van der Waals surface area contributed by atoms with E-state index in [1.54, 1.807) is 37.9 Å². The SMILES string of the molecule is Cn1nc(C2=C(c3cn(CCCn4ccnc4)c4ccc(F)cc34)C(=O)NC2=O)c2ccnnc21. The van der Waals surface area contributed by atoms with E-state index < -0.39 is 17.6 Å². The molecule has 35 heavy (non-hydrogen) atoms. The van der Waals surface area contributed by atoms with Crippen molar-refractivity contribution in [1.29, 1.82) is 0 Å². The monoisotopic (exact) mass is 470 g/mol. The first kappa shape index (κ1) is 20.9. The first-order valence-corrected chi connectivity index (χ1v) is 11.0. The quantitative estimate of drug-likeness (QED) is 0.381. The van der Waals surface area contributed by atoms with Gasteiger partial charge in [-0.25, -0.2) is 14.1 Å². The van der Waals surface area contributed by atoms with Gasteiger partial charge in [-0.2, -0.15) is 10.2 Å². The summed E-state index contributed by atoms with van der Waals surface area (Å²) in [4.78, 5) is 30.1. The van der Waals surface area contributed by atoms with Crippen LogP contribution in [0.25, 0.3) is 33.1 Å².